The quantitative estimate of drug-likeness (QED) is 0.515. The number of rotatable bonds is 3. The van der Waals surface area contributed by atoms with Crippen LogP contribution >= 0.6 is 11.6 Å². The Kier molecular flexibility index (Phi) is 4.53. The van der Waals surface area contributed by atoms with Crippen LogP contribution in [0, 0.1) is 5.92 Å². The molecule has 0 spiro atoms. The van der Waals surface area contributed by atoms with Crippen LogP contribution in [0.3, 0.4) is 0 Å². The molecule has 130 valence electrons. The highest BCUT2D eigenvalue weighted by Crippen LogP contribution is 2.43. The maximum absolute atomic E-state index is 12.2. The minimum absolute atomic E-state index is 0.128. The molecule has 2 amide bonds. The Balaban J connectivity index is 2.02. The van der Waals surface area contributed by atoms with Gasteiger partial charge in [0.2, 0.25) is 11.8 Å². The Bertz CT molecular complexity index is 684. The lowest BCUT2D eigenvalue weighted by Gasteiger charge is -2.35. The number of carbonyl (C=O) groups is 2. The fourth-order valence-electron chi connectivity index (χ4n) is 3.43. The van der Waals surface area contributed by atoms with Gasteiger partial charge in [0.1, 0.15) is 6.04 Å². The minimum atomic E-state index is -0.510. The Morgan fingerprint density at radius 2 is 2.17 bits per heavy atom. The van der Waals surface area contributed by atoms with Crippen LogP contribution in [0.5, 0.6) is 11.5 Å². The molecule has 0 radical (unpaired) electrons. The summed E-state index contributed by atoms with van der Waals surface area (Å²) in [7, 11) is 2.99. The van der Waals surface area contributed by atoms with Crippen molar-refractivity contribution < 1.29 is 19.4 Å². The number of piperidine rings is 1. The van der Waals surface area contributed by atoms with Crippen LogP contribution < -0.4 is 26.2 Å². The second kappa shape index (κ2) is 6.46. The highest BCUT2D eigenvalue weighted by atomic mass is 35.5. The molecule has 1 aromatic rings. The number of halogens is 1. The maximum Gasteiger partial charge on any atom is 0.238 e. The lowest BCUT2D eigenvalue weighted by Crippen LogP contribution is -2.53. The first-order valence-electron chi connectivity index (χ1n) is 7.54. The van der Waals surface area contributed by atoms with Crippen molar-refractivity contribution in [3.05, 3.63) is 22.7 Å². The van der Waals surface area contributed by atoms with Crippen molar-refractivity contribution in [2.24, 2.45) is 5.92 Å². The Hall–Kier alpha value is -2.03. The summed E-state index contributed by atoms with van der Waals surface area (Å²) >= 11 is 6.08. The van der Waals surface area contributed by atoms with Crippen molar-refractivity contribution in [2.45, 2.75) is 24.5 Å². The van der Waals surface area contributed by atoms with Crippen molar-refractivity contribution in [3.63, 3.8) is 0 Å². The summed E-state index contributed by atoms with van der Waals surface area (Å²) in [5.74, 6) is -0.696. The van der Waals surface area contributed by atoms with Gasteiger partial charge >= 0.3 is 0 Å². The third-order valence-electron chi connectivity index (χ3n) is 4.58. The molecular formula is C15H19ClN4O4. The average Bonchev–Trinajstić information content (AvgIpc) is 2.99. The third kappa shape index (κ3) is 2.77. The van der Waals surface area contributed by atoms with Crippen LogP contribution in [0.15, 0.2) is 12.1 Å². The molecule has 0 aliphatic carbocycles. The van der Waals surface area contributed by atoms with Gasteiger partial charge in [0.25, 0.3) is 0 Å². The number of phenolic OH excluding ortho intramolecular Hbond substituents is 1. The number of ether oxygens (including phenoxy) is 1. The Morgan fingerprint density at radius 3 is 2.83 bits per heavy atom. The molecule has 2 saturated heterocycles. The molecule has 2 aliphatic rings. The molecule has 4 atom stereocenters. The lowest BCUT2D eigenvalue weighted by atomic mass is 9.75. The number of likely N-dealkylation sites (N-methyl/N-ethyl adjacent to an activating group) is 1. The first-order chi connectivity index (χ1) is 11.5. The number of fused-ring (bicyclic) bond motifs is 1. The molecule has 24 heavy (non-hydrogen) atoms. The van der Waals surface area contributed by atoms with Gasteiger partial charge < -0.3 is 20.5 Å². The number of hydrogen-bond donors (Lipinski definition) is 5. The molecule has 4 unspecified atom stereocenters. The number of carbonyl (C=O) groups excluding carboxylic acids is 2. The Morgan fingerprint density at radius 1 is 1.42 bits per heavy atom. The summed E-state index contributed by atoms with van der Waals surface area (Å²) in [4.78, 5) is 24.2. The summed E-state index contributed by atoms with van der Waals surface area (Å²) in [6.07, 6.45) is -0.167. The molecule has 2 heterocycles. The van der Waals surface area contributed by atoms with Crippen LogP contribution in [-0.2, 0) is 9.59 Å². The minimum Gasteiger partial charge on any atom is -0.503 e. The van der Waals surface area contributed by atoms with Crippen LogP contribution in [-0.4, -0.2) is 43.3 Å². The summed E-state index contributed by atoms with van der Waals surface area (Å²) in [6.45, 7) is 0. The van der Waals surface area contributed by atoms with Crippen LogP contribution in [0.4, 0.5) is 0 Å². The van der Waals surface area contributed by atoms with Gasteiger partial charge in [-0.15, -0.1) is 0 Å². The second-order valence-electron chi connectivity index (χ2n) is 5.87. The first kappa shape index (κ1) is 16.8. The summed E-state index contributed by atoms with van der Waals surface area (Å²) < 4.78 is 5.15. The van der Waals surface area contributed by atoms with E-state index in [0.717, 1.165) is 5.56 Å². The zero-order valence-corrected chi connectivity index (χ0v) is 14.0. The number of amides is 2. The number of hydrogen-bond acceptors (Lipinski definition) is 6. The smallest absolute Gasteiger partial charge is 0.238 e. The van der Waals surface area contributed by atoms with E-state index in [1.807, 2.05) is 0 Å². The second-order valence-corrected chi connectivity index (χ2v) is 6.27. The average molecular weight is 355 g/mol. The predicted molar refractivity (Wildman–Crippen MR) is 86.6 cm³/mol. The van der Waals surface area contributed by atoms with Crippen LogP contribution in [0.1, 0.15) is 17.9 Å². The van der Waals surface area contributed by atoms with E-state index in [-0.39, 0.29) is 52.8 Å². The zero-order valence-electron chi connectivity index (χ0n) is 13.2. The Labute approximate surface area is 143 Å². The van der Waals surface area contributed by atoms with Crippen LogP contribution in [0.2, 0.25) is 5.02 Å². The summed E-state index contributed by atoms with van der Waals surface area (Å²) in [6, 6.07) is 2.75. The predicted octanol–water partition coefficient (Wildman–Crippen LogP) is -0.178. The molecule has 5 N–H and O–H groups in total. The number of nitrogens with one attached hydrogen (secondary N) is 4. The van der Waals surface area contributed by atoms with Crippen molar-refractivity contribution in [3.8, 4) is 11.5 Å². The number of phenols is 1. The molecule has 2 fully saturated rings. The molecular weight excluding hydrogens is 336 g/mol. The van der Waals surface area contributed by atoms with Crippen molar-refractivity contribution in [1.29, 1.82) is 0 Å². The fourth-order valence-corrected chi connectivity index (χ4v) is 3.65. The van der Waals surface area contributed by atoms with E-state index in [1.54, 1.807) is 19.2 Å². The van der Waals surface area contributed by atoms with E-state index in [4.69, 9.17) is 16.3 Å². The number of methoxy groups -OCH3 is 1. The van der Waals surface area contributed by atoms with Gasteiger partial charge in [-0.05, 0) is 17.7 Å². The molecule has 0 aromatic heterocycles. The van der Waals surface area contributed by atoms with Gasteiger partial charge in [-0.1, -0.05) is 11.6 Å². The molecule has 0 bridgehead atoms. The maximum atomic E-state index is 12.2. The van der Waals surface area contributed by atoms with Crippen molar-refractivity contribution in [2.75, 3.05) is 14.2 Å². The van der Waals surface area contributed by atoms with Crippen LogP contribution in [0.25, 0.3) is 0 Å². The topological polar surface area (TPSA) is 112 Å². The van der Waals surface area contributed by atoms with Crippen molar-refractivity contribution >= 4 is 23.4 Å². The largest absolute Gasteiger partial charge is 0.503 e. The standard InChI is InChI=1S/C15H19ClN4O4/c1-17-15(23)12-11-7(5-10(21)18-14(11)20-19-12)6-3-8(16)13(22)9(4-6)24-2/h3-4,7,11-12,14,19-20,22H,5H2,1-2H3,(H,17,23)(H,18,21). The molecule has 8 nitrogen and oxygen atoms in total. The van der Waals surface area contributed by atoms with Gasteiger partial charge in [-0.3, -0.25) is 9.59 Å². The first-order valence-corrected chi connectivity index (χ1v) is 7.92. The number of aromatic hydroxyl groups is 1. The normalized spacial score (nSPS) is 28.9. The lowest BCUT2D eigenvalue weighted by molar-refractivity contribution is -0.128. The van der Waals surface area contributed by atoms with Crippen molar-refractivity contribution in [1.82, 2.24) is 21.5 Å². The highest BCUT2D eigenvalue weighted by molar-refractivity contribution is 6.32. The monoisotopic (exact) mass is 354 g/mol. The van der Waals surface area contributed by atoms with Gasteiger partial charge in [-0.2, -0.15) is 0 Å². The molecule has 9 heteroatoms. The van der Waals surface area contributed by atoms with E-state index >= 15 is 0 Å². The van der Waals surface area contributed by atoms with Gasteiger partial charge in [-0.25, -0.2) is 10.9 Å². The highest BCUT2D eigenvalue weighted by Gasteiger charge is 2.48. The SMILES string of the molecule is CNC(=O)C1NNC2NC(=O)CC(c3cc(Cl)c(O)c(OC)c3)C21. The fraction of sp³-hybridized carbons (Fsp3) is 0.467. The van der Waals surface area contributed by atoms with Gasteiger partial charge in [0.05, 0.1) is 18.3 Å². The van der Waals surface area contributed by atoms with Gasteiger partial charge in [0.15, 0.2) is 11.5 Å². The zero-order chi connectivity index (χ0) is 17.4. The molecule has 2 aliphatic heterocycles. The molecule has 3 rings (SSSR count). The van der Waals surface area contributed by atoms with E-state index in [1.165, 1.54) is 7.11 Å². The van der Waals surface area contributed by atoms with Gasteiger partial charge in [0, 0.05) is 25.3 Å². The summed E-state index contributed by atoms with van der Waals surface area (Å²) in [5, 5.41) is 15.5. The summed E-state index contributed by atoms with van der Waals surface area (Å²) in [5.41, 5.74) is 6.62. The number of benzene rings is 1. The van der Waals surface area contributed by atoms with E-state index in [2.05, 4.69) is 21.5 Å². The van der Waals surface area contributed by atoms with E-state index in [9.17, 15) is 14.7 Å². The molecule has 0 saturated carbocycles. The van der Waals surface area contributed by atoms with E-state index in [0.29, 0.717) is 0 Å². The third-order valence-corrected chi connectivity index (χ3v) is 4.87. The molecule has 1 aromatic carbocycles. The number of hydrazine groups is 1. The van der Waals surface area contributed by atoms with E-state index < -0.39 is 6.04 Å².